The summed E-state index contributed by atoms with van der Waals surface area (Å²) in [5.74, 6) is 0.0636. The summed E-state index contributed by atoms with van der Waals surface area (Å²) in [6, 6.07) is 0. The van der Waals surface area contributed by atoms with Gasteiger partial charge in [0.2, 0.25) is 0 Å². The number of allylic oxidation sites excluding steroid dienone is 2. The van der Waals surface area contributed by atoms with Gasteiger partial charge in [0.15, 0.2) is 6.29 Å². The van der Waals surface area contributed by atoms with E-state index < -0.39 is 0 Å². The Hall–Kier alpha value is -1.03. The van der Waals surface area contributed by atoms with Gasteiger partial charge in [0.1, 0.15) is 5.70 Å². The first-order valence-electron chi connectivity index (χ1n) is 3.20. The second-order valence-electron chi connectivity index (χ2n) is 2.35. The Morgan fingerprint density at radius 2 is 2.45 bits per heavy atom. The molecule has 58 valence electrons. The zero-order chi connectivity index (χ0) is 8.43. The number of aldehydes is 1. The summed E-state index contributed by atoms with van der Waals surface area (Å²) < 4.78 is 0. The van der Waals surface area contributed by atoms with Crippen molar-refractivity contribution in [3.8, 4) is 0 Å². The van der Waals surface area contributed by atoms with Crippen molar-refractivity contribution in [1.82, 2.24) is 0 Å². The van der Waals surface area contributed by atoms with Gasteiger partial charge >= 0.3 is 0 Å². The van der Waals surface area contributed by atoms with Crippen LogP contribution in [0.3, 0.4) is 0 Å². The van der Waals surface area contributed by atoms with Crippen LogP contribution in [0.5, 0.6) is 0 Å². The van der Waals surface area contributed by atoms with Gasteiger partial charge in [-0.25, -0.2) is 0 Å². The lowest BCUT2D eigenvalue weighted by atomic mass is 10.0. The third-order valence-corrected chi connectivity index (χ3v) is 2.10. The minimum Gasteiger partial charge on any atom is -0.396 e. The molecule has 4 heteroatoms. The van der Waals surface area contributed by atoms with Gasteiger partial charge in [-0.1, -0.05) is 19.1 Å². The van der Waals surface area contributed by atoms with Crippen LogP contribution in [0.4, 0.5) is 0 Å². The van der Waals surface area contributed by atoms with Crippen LogP contribution in [-0.2, 0) is 4.79 Å². The van der Waals surface area contributed by atoms with E-state index in [1.807, 2.05) is 6.92 Å². The minimum absolute atomic E-state index is 0.0636. The van der Waals surface area contributed by atoms with Crippen LogP contribution >= 0.6 is 12.2 Å². The van der Waals surface area contributed by atoms with Crippen molar-refractivity contribution in [2.45, 2.75) is 6.92 Å². The number of carbonyl (C=O) groups is 1. The molecule has 0 fully saturated rings. The van der Waals surface area contributed by atoms with Crippen LogP contribution in [0, 0.1) is 5.92 Å². The molecule has 1 rings (SSSR count). The lowest BCUT2D eigenvalue weighted by Gasteiger charge is -2.13. The summed E-state index contributed by atoms with van der Waals surface area (Å²) in [5.41, 5.74) is 6.10. The van der Waals surface area contributed by atoms with Crippen molar-refractivity contribution < 1.29 is 4.79 Å². The lowest BCUT2D eigenvalue weighted by molar-refractivity contribution is -0.105. The van der Waals surface area contributed by atoms with Gasteiger partial charge in [-0.3, -0.25) is 9.79 Å². The second kappa shape index (κ2) is 2.92. The molecule has 0 amide bonds. The van der Waals surface area contributed by atoms with E-state index in [0.717, 1.165) is 0 Å². The van der Waals surface area contributed by atoms with Gasteiger partial charge in [0.05, 0.1) is 5.70 Å². The van der Waals surface area contributed by atoms with Crippen molar-refractivity contribution >= 4 is 29.6 Å². The number of nitrogens with zero attached hydrogens (tertiary/aromatic N) is 1. The van der Waals surface area contributed by atoms with Gasteiger partial charge < -0.3 is 5.73 Å². The zero-order valence-corrected chi connectivity index (χ0v) is 6.89. The van der Waals surface area contributed by atoms with E-state index >= 15 is 0 Å². The maximum absolute atomic E-state index is 10.3. The number of hydrogen-bond donors (Lipinski definition) is 1. The Kier molecular flexibility index (Phi) is 2.14. The zero-order valence-electron chi connectivity index (χ0n) is 6.07. The van der Waals surface area contributed by atoms with Crippen LogP contribution in [0.15, 0.2) is 16.4 Å². The van der Waals surface area contributed by atoms with Crippen molar-refractivity contribution in [1.29, 1.82) is 0 Å². The van der Waals surface area contributed by atoms with Gasteiger partial charge in [0.25, 0.3) is 0 Å². The van der Waals surface area contributed by atoms with Gasteiger partial charge in [-0.05, 0) is 0 Å². The third-order valence-electron chi connectivity index (χ3n) is 1.50. The minimum atomic E-state index is 0.0636. The van der Waals surface area contributed by atoms with E-state index in [1.165, 1.54) is 0 Å². The van der Waals surface area contributed by atoms with Crippen molar-refractivity contribution in [3.63, 3.8) is 0 Å². The standard InChI is InChI=1S/C7H8N2OS/c1-4-2-9-5(3-10)6(8)7(4)11/h2-4H,8H2,1H3. The summed E-state index contributed by atoms with van der Waals surface area (Å²) in [6.07, 6.45) is 2.24. The predicted octanol–water partition coefficient (Wildman–Crippen LogP) is 0.446. The van der Waals surface area contributed by atoms with E-state index in [-0.39, 0.29) is 11.6 Å². The molecule has 0 aromatic heterocycles. The molecule has 1 unspecified atom stereocenters. The van der Waals surface area contributed by atoms with E-state index in [4.69, 9.17) is 18.0 Å². The molecule has 2 N–H and O–H groups in total. The Bertz CT molecular complexity index is 268. The summed E-state index contributed by atoms with van der Waals surface area (Å²) in [4.78, 5) is 14.7. The van der Waals surface area contributed by atoms with Crippen molar-refractivity contribution in [2.24, 2.45) is 16.6 Å². The van der Waals surface area contributed by atoms with Gasteiger partial charge in [-0.15, -0.1) is 0 Å². The molecule has 0 radical (unpaired) electrons. The number of aliphatic imine (C=N–C) groups is 1. The van der Waals surface area contributed by atoms with Crippen LogP contribution in [0.1, 0.15) is 6.92 Å². The van der Waals surface area contributed by atoms with Crippen LogP contribution < -0.4 is 5.73 Å². The normalized spacial score (nSPS) is 24.1. The van der Waals surface area contributed by atoms with E-state index in [1.54, 1.807) is 6.21 Å². The molecule has 0 aliphatic carbocycles. The molecule has 0 spiro atoms. The maximum atomic E-state index is 10.3. The molecule has 0 saturated carbocycles. The topological polar surface area (TPSA) is 55.5 Å². The molecule has 1 aliphatic heterocycles. The summed E-state index contributed by atoms with van der Waals surface area (Å²) in [5, 5.41) is 0. The fourth-order valence-corrected chi connectivity index (χ4v) is 0.960. The highest BCUT2D eigenvalue weighted by Gasteiger charge is 2.16. The fourth-order valence-electron chi connectivity index (χ4n) is 0.795. The number of hydrogen-bond acceptors (Lipinski definition) is 4. The van der Waals surface area contributed by atoms with Crippen LogP contribution in [0.2, 0.25) is 0 Å². The monoisotopic (exact) mass is 168 g/mol. The number of thiocarbonyl (C=S) groups is 1. The van der Waals surface area contributed by atoms with Crippen LogP contribution in [-0.4, -0.2) is 17.4 Å². The first-order chi connectivity index (χ1) is 5.16. The Morgan fingerprint density at radius 3 is 3.00 bits per heavy atom. The highest BCUT2D eigenvalue weighted by atomic mass is 32.1. The number of rotatable bonds is 1. The molecular weight excluding hydrogens is 160 g/mol. The molecule has 1 aliphatic rings. The van der Waals surface area contributed by atoms with Gasteiger partial charge in [-0.2, -0.15) is 0 Å². The molecule has 3 nitrogen and oxygen atoms in total. The molecule has 0 aromatic carbocycles. The largest absolute Gasteiger partial charge is 0.396 e. The predicted molar refractivity (Wildman–Crippen MR) is 47.5 cm³/mol. The van der Waals surface area contributed by atoms with Crippen molar-refractivity contribution in [2.75, 3.05) is 0 Å². The highest BCUT2D eigenvalue weighted by Crippen LogP contribution is 2.12. The molecule has 0 aromatic rings. The Labute approximate surface area is 70.0 Å². The van der Waals surface area contributed by atoms with Gasteiger partial charge in [0, 0.05) is 17.0 Å². The molecule has 0 saturated heterocycles. The summed E-state index contributed by atoms with van der Waals surface area (Å²) in [6.45, 7) is 1.89. The molecule has 11 heavy (non-hydrogen) atoms. The third kappa shape index (κ3) is 1.35. The second-order valence-corrected chi connectivity index (χ2v) is 2.79. The highest BCUT2D eigenvalue weighted by molar-refractivity contribution is 7.81. The number of carbonyl (C=O) groups excluding carboxylic acids is 1. The van der Waals surface area contributed by atoms with E-state index in [0.29, 0.717) is 16.8 Å². The summed E-state index contributed by atoms with van der Waals surface area (Å²) in [7, 11) is 0. The average Bonchev–Trinajstić information content (AvgIpc) is 2.01. The average molecular weight is 168 g/mol. The summed E-state index contributed by atoms with van der Waals surface area (Å²) >= 11 is 4.96. The van der Waals surface area contributed by atoms with Crippen LogP contribution in [0.25, 0.3) is 0 Å². The first-order valence-corrected chi connectivity index (χ1v) is 3.61. The molecule has 0 bridgehead atoms. The van der Waals surface area contributed by atoms with E-state index in [2.05, 4.69) is 4.99 Å². The Balaban J connectivity index is 3.06. The fraction of sp³-hybridized carbons (Fsp3) is 0.286. The first kappa shape index (κ1) is 8.07. The molecule has 1 heterocycles. The van der Waals surface area contributed by atoms with E-state index in [9.17, 15) is 4.79 Å². The molecular formula is C7H8N2OS. The molecule has 1 atom stereocenters. The smallest absolute Gasteiger partial charge is 0.170 e. The number of nitrogens with two attached hydrogens (primary N) is 1. The SMILES string of the molecule is CC1C=NC(C=O)=C(N)C1=S. The lowest BCUT2D eigenvalue weighted by Crippen LogP contribution is -2.23. The quantitative estimate of drug-likeness (QED) is 0.456. The maximum Gasteiger partial charge on any atom is 0.170 e. The van der Waals surface area contributed by atoms with Crippen molar-refractivity contribution in [3.05, 3.63) is 11.4 Å². The Morgan fingerprint density at radius 1 is 1.82 bits per heavy atom.